The molecular formula is C38H34N4O. The minimum absolute atomic E-state index is 0.0310. The molecule has 0 unspecified atom stereocenters. The summed E-state index contributed by atoms with van der Waals surface area (Å²) >= 11 is 0. The van der Waals surface area contributed by atoms with Gasteiger partial charge in [-0.25, -0.2) is 4.68 Å². The molecule has 5 aromatic carbocycles. The minimum atomic E-state index is 0.0310. The van der Waals surface area contributed by atoms with Crippen molar-refractivity contribution in [2.24, 2.45) is 0 Å². The van der Waals surface area contributed by atoms with E-state index in [0.717, 1.165) is 22.9 Å². The summed E-state index contributed by atoms with van der Waals surface area (Å²) < 4.78 is 8.20. The van der Waals surface area contributed by atoms with Gasteiger partial charge in [-0.05, 0) is 65.1 Å². The van der Waals surface area contributed by atoms with Crippen LogP contribution in [-0.4, -0.2) is 16.4 Å². The molecule has 1 aliphatic rings. The first-order valence-electron chi connectivity index (χ1n) is 14.7. The first-order valence-corrected chi connectivity index (χ1v) is 14.7. The molecule has 5 heteroatoms. The van der Waals surface area contributed by atoms with Crippen molar-refractivity contribution in [3.63, 3.8) is 0 Å². The Balaban J connectivity index is 1.25. The smallest absolute Gasteiger partial charge is 0.129 e. The van der Waals surface area contributed by atoms with Crippen LogP contribution in [0.3, 0.4) is 0 Å². The molecule has 2 heterocycles. The summed E-state index contributed by atoms with van der Waals surface area (Å²) in [4.78, 5) is 4.80. The van der Waals surface area contributed by atoms with Crippen LogP contribution in [0.5, 0.6) is 11.5 Å². The first-order chi connectivity index (χ1) is 20.9. The molecule has 0 fully saturated rings. The molecule has 0 radical (unpaired) electrons. The zero-order valence-corrected chi connectivity index (χ0v) is 24.7. The second-order valence-corrected chi connectivity index (χ2v) is 11.9. The number of nitrogens with zero attached hydrogens (tertiary/aromatic N) is 4. The molecule has 0 bridgehead atoms. The molecule has 6 aromatic rings. The Hall–Kier alpha value is -5.29. The zero-order valence-electron chi connectivity index (χ0n) is 24.7. The fourth-order valence-electron chi connectivity index (χ4n) is 5.69. The number of anilines is 4. The number of para-hydroxylation sites is 2. The molecule has 0 aliphatic carbocycles. The van der Waals surface area contributed by atoms with Gasteiger partial charge in [-0.2, -0.15) is 5.10 Å². The topological polar surface area (TPSA) is 33.5 Å². The second kappa shape index (κ2) is 10.8. The van der Waals surface area contributed by atoms with Crippen molar-refractivity contribution >= 4 is 22.7 Å². The highest BCUT2D eigenvalue weighted by Crippen LogP contribution is 2.48. The van der Waals surface area contributed by atoms with Gasteiger partial charge in [0.2, 0.25) is 0 Å². The van der Waals surface area contributed by atoms with Gasteiger partial charge in [0.25, 0.3) is 0 Å². The van der Waals surface area contributed by atoms with Gasteiger partial charge < -0.3 is 14.5 Å². The van der Waals surface area contributed by atoms with E-state index in [1.54, 1.807) is 6.20 Å². The summed E-state index contributed by atoms with van der Waals surface area (Å²) in [5, 5.41) is 4.35. The molecule has 0 saturated heterocycles. The maximum atomic E-state index is 6.37. The summed E-state index contributed by atoms with van der Waals surface area (Å²) in [6.45, 7) is 7.50. The average Bonchev–Trinajstić information content (AvgIpc) is 3.70. The molecule has 0 atom stereocenters. The highest BCUT2D eigenvalue weighted by molar-refractivity contribution is 5.92. The number of ether oxygens (including phenoxy) is 1. The van der Waals surface area contributed by atoms with E-state index in [0.29, 0.717) is 6.67 Å². The van der Waals surface area contributed by atoms with Crippen molar-refractivity contribution in [1.82, 2.24) is 9.78 Å². The van der Waals surface area contributed by atoms with Crippen LogP contribution >= 0.6 is 0 Å². The van der Waals surface area contributed by atoms with Crippen molar-refractivity contribution in [2.45, 2.75) is 26.2 Å². The van der Waals surface area contributed by atoms with Gasteiger partial charge in [-0.1, -0.05) is 87.5 Å². The van der Waals surface area contributed by atoms with Crippen LogP contribution in [0.4, 0.5) is 22.7 Å². The summed E-state index contributed by atoms with van der Waals surface area (Å²) in [5.41, 5.74) is 9.36. The van der Waals surface area contributed by atoms with E-state index in [9.17, 15) is 0 Å². The Morgan fingerprint density at radius 3 is 1.98 bits per heavy atom. The van der Waals surface area contributed by atoms with E-state index < -0.39 is 0 Å². The van der Waals surface area contributed by atoms with Gasteiger partial charge >= 0.3 is 0 Å². The van der Waals surface area contributed by atoms with Gasteiger partial charge in [0.15, 0.2) is 0 Å². The first kappa shape index (κ1) is 26.6. The van der Waals surface area contributed by atoms with Crippen molar-refractivity contribution in [3.05, 3.63) is 145 Å². The SMILES string of the molecule is CC(C)(C)c1ccc(-c2ccccc2)c(N2CN(c3cccc(Oc4cccc(-n5cccn5)c4)c3)c3ccccc32)c1. The lowest BCUT2D eigenvalue weighted by Crippen LogP contribution is -2.25. The molecule has 0 amide bonds. The molecule has 1 aromatic heterocycles. The van der Waals surface area contributed by atoms with Gasteiger partial charge in [0, 0.05) is 35.8 Å². The molecule has 1 aliphatic heterocycles. The molecule has 0 saturated carbocycles. The Bertz CT molecular complexity index is 1870. The standard InChI is InChI=1S/C38H34N4O/c1-38(2,3)29-20-21-34(28-12-5-4-6-13-28)37(24-29)41-27-40(35-18-7-8-19-36(35)41)30-14-9-16-32(25-30)43-33-17-10-15-31(26-33)42-23-11-22-39-42/h4-26H,27H2,1-3H3. The summed E-state index contributed by atoms with van der Waals surface area (Å²) in [6.07, 6.45) is 3.70. The molecule has 5 nitrogen and oxygen atoms in total. The van der Waals surface area contributed by atoms with Crippen molar-refractivity contribution in [2.75, 3.05) is 16.5 Å². The number of rotatable bonds is 6. The van der Waals surface area contributed by atoms with Crippen molar-refractivity contribution in [1.29, 1.82) is 0 Å². The average molecular weight is 563 g/mol. The fraction of sp³-hybridized carbons (Fsp3) is 0.132. The van der Waals surface area contributed by atoms with E-state index in [4.69, 9.17) is 4.74 Å². The van der Waals surface area contributed by atoms with Crippen molar-refractivity contribution < 1.29 is 4.74 Å². The summed E-state index contributed by atoms with van der Waals surface area (Å²) in [6, 6.07) is 44.5. The van der Waals surface area contributed by atoms with Crippen LogP contribution in [0.2, 0.25) is 0 Å². The van der Waals surface area contributed by atoms with Crippen LogP contribution in [0, 0.1) is 0 Å². The zero-order chi connectivity index (χ0) is 29.4. The molecule has 0 spiro atoms. The molecule has 0 N–H and O–H groups in total. The number of fused-ring (bicyclic) bond motifs is 1. The Morgan fingerprint density at radius 2 is 1.28 bits per heavy atom. The quantitative estimate of drug-likeness (QED) is 0.202. The Kier molecular flexibility index (Phi) is 6.71. The number of hydrogen-bond acceptors (Lipinski definition) is 4. The highest BCUT2D eigenvalue weighted by Gasteiger charge is 2.30. The fourth-order valence-corrected chi connectivity index (χ4v) is 5.69. The summed E-state index contributed by atoms with van der Waals surface area (Å²) in [7, 11) is 0. The van der Waals surface area contributed by atoms with Gasteiger partial charge in [-0.3, -0.25) is 0 Å². The van der Waals surface area contributed by atoms with E-state index in [1.165, 1.54) is 33.8 Å². The largest absolute Gasteiger partial charge is 0.457 e. The van der Waals surface area contributed by atoms with Crippen LogP contribution in [0.15, 0.2) is 140 Å². The maximum absolute atomic E-state index is 6.37. The van der Waals surface area contributed by atoms with Crippen LogP contribution in [-0.2, 0) is 5.41 Å². The van der Waals surface area contributed by atoms with Gasteiger partial charge in [0.1, 0.15) is 18.2 Å². The maximum Gasteiger partial charge on any atom is 0.129 e. The second-order valence-electron chi connectivity index (χ2n) is 11.9. The molecule has 43 heavy (non-hydrogen) atoms. The third-order valence-electron chi connectivity index (χ3n) is 7.94. The molecular weight excluding hydrogens is 528 g/mol. The predicted octanol–water partition coefficient (Wildman–Crippen LogP) is 9.88. The number of benzene rings is 5. The lowest BCUT2D eigenvalue weighted by molar-refractivity contribution is 0.482. The third kappa shape index (κ3) is 5.26. The lowest BCUT2D eigenvalue weighted by Gasteiger charge is -2.27. The van der Waals surface area contributed by atoms with Crippen molar-refractivity contribution in [3.8, 4) is 28.3 Å². The third-order valence-corrected chi connectivity index (χ3v) is 7.94. The summed E-state index contributed by atoms with van der Waals surface area (Å²) in [5.74, 6) is 1.55. The van der Waals surface area contributed by atoms with E-state index >= 15 is 0 Å². The van der Waals surface area contributed by atoms with Gasteiger partial charge in [0.05, 0.1) is 22.7 Å². The Morgan fingerprint density at radius 1 is 0.605 bits per heavy atom. The highest BCUT2D eigenvalue weighted by atomic mass is 16.5. The van der Waals surface area contributed by atoms with Crippen LogP contribution < -0.4 is 14.5 Å². The van der Waals surface area contributed by atoms with Gasteiger partial charge in [-0.15, -0.1) is 0 Å². The van der Waals surface area contributed by atoms with E-state index in [-0.39, 0.29) is 5.41 Å². The molecule has 212 valence electrons. The number of hydrogen-bond donors (Lipinski definition) is 0. The predicted molar refractivity (Wildman–Crippen MR) is 176 cm³/mol. The monoisotopic (exact) mass is 562 g/mol. The van der Waals surface area contributed by atoms with E-state index in [2.05, 4.69) is 127 Å². The Labute approximate surface area is 253 Å². The normalized spacial score (nSPS) is 12.8. The minimum Gasteiger partial charge on any atom is -0.457 e. The van der Waals surface area contributed by atoms with Crippen LogP contribution in [0.1, 0.15) is 26.3 Å². The van der Waals surface area contributed by atoms with E-state index in [1.807, 2.05) is 47.3 Å². The number of aromatic nitrogens is 2. The molecule has 7 rings (SSSR count). The lowest BCUT2D eigenvalue weighted by atomic mass is 9.85. The van der Waals surface area contributed by atoms with Crippen LogP contribution in [0.25, 0.3) is 16.8 Å².